The maximum atomic E-state index is 11.3. The van der Waals surface area contributed by atoms with Gasteiger partial charge in [-0.3, -0.25) is 4.52 Å². The highest BCUT2D eigenvalue weighted by Gasteiger charge is 2.31. The molecule has 1 unspecified atom stereocenters. The van der Waals surface area contributed by atoms with E-state index in [2.05, 4.69) is 41.8 Å². The first kappa shape index (κ1) is 26.5. The van der Waals surface area contributed by atoms with E-state index in [1.165, 1.54) is 30.4 Å². The van der Waals surface area contributed by atoms with Gasteiger partial charge in [-0.05, 0) is 59.3 Å². The SMILES string of the molecule is CCCCC(C)=CCCC(C)=CCCC(C)=CCOP(=O)(O)OP(=O)(O)O. The van der Waals surface area contributed by atoms with Crippen LogP contribution >= 0.6 is 15.6 Å². The molecule has 0 bridgehead atoms. The molecule has 0 saturated carbocycles. The summed E-state index contributed by atoms with van der Waals surface area (Å²) in [6, 6.07) is 0. The lowest BCUT2D eigenvalue weighted by Gasteiger charge is -2.11. The van der Waals surface area contributed by atoms with Gasteiger partial charge in [-0.25, -0.2) is 9.13 Å². The van der Waals surface area contributed by atoms with E-state index in [1.807, 2.05) is 6.92 Å². The zero-order valence-corrected chi connectivity index (χ0v) is 18.5. The molecule has 0 saturated heterocycles. The molecule has 158 valence electrons. The van der Waals surface area contributed by atoms with Gasteiger partial charge in [0.15, 0.2) is 0 Å². The molecule has 0 aromatic rings. The Labute approximate surface area is 163 Å². The molecule has 0 aliphatic heterocycles. The fraction of sp³-hybridized carbons (Fsp3) is 0.667. The highest BCUT2D eigenvalue weighted by Crippen LogP contribution is 2.57. The summed E-state index contributed by atoms with van der Waals surface area (Å²) in [6.07, 6.45) is 13.4. The molecule has 0 fully saturated rings. The first-order valence-electron chi connectivity index (χ1n) is 9.16. The highest BCUT2D eigenvalue weighted by molar-refractivity contribution is 7.60. The summed E-state index contributed by atoms with van der Waals surface area (Å²) in [5.41, 5.74) is 3.73. The quantitative estimate of drug-likeness (QED) is 0.238. The van der Waals surface area contributed by atoms with E-state index in [-0.39, 0.29) is 6.61 Å². The predicted octanol–water partition coefficient (Wildman–Crippen LogP) is 5.80. The number of phosphoric ester groups is 1. The molecule has 27 heavy (non-hydrogen) atoms. The molecule has 0 rings (SSSR count). The Morgan fingerprint density at radius 3 is 1.81 bits per heavy atom. The van der Waals surface area contributed by atoms with Crippen molar-refractivity contribution in [3.05, 3.63) is 34.9 Å². The van der Waals surface area contributed by atoms with Crippen LogP contribution in [0.2, 0.25) is 0 Å². The van der Waals surface area contributed by atoms with Crippen LogP contribution in [0.15, 0.2) is 34.9 Å². The largest absolute Gasteiger partial charge is 0.481 e. The Hall–Kier alpha value is -0.520. The molecule has 0 amide bonds. The zero-order chi connectivity index (χ0) is 20.9. The van der Waals surface area contributed by atoms with Crippen LogP contribution in [0.1, 0.15) is 72.6 Å². The molecule has 9 heteroatoms. The van der Waals surface area contributed by atoms with Gasteiger partial charge in [0.05, 0.1) is 6.61 Å². The summed E-state index contributed by atoms with van der Waals surface area (Å²) in [4.78, 5) is 26.2. The highest BCUT2D eigenvalue weighted by atomic mass is 31.3. The molecule has 0 radical (unpaired) electrons. The third kappa shape index (κ3) is 17.3. The van der Waals surface area contributed by atoms with Crippen molar-refractivity contribution < 1.29 is 32.6 Å². The first-order valence-corrected chi connectivity index (χ1v) is 12.2. The second-order valence-electron chi connectivity index (χ2n) is 6.67. The smallest absolute Gasteiger partial charge is 0.302 e. The van der Waals surface area contributed by atoms with Crippen LogP contribution in [0.3, 0.4) is 0 Å². The van der Waals surface area contributed by atoms with Crippen molar-refractivity contribution in [2.45, 2.75) is 72.6 Å². The lowest BCUT2D eigenvalue weighted by Crippen LogP contribution is -1.94. The Kier molecular flexibility index (Phi) is 13.4. The lowest BCUT2D eigenvalue weighted by atomic mass is 10.0. The molecule has 0 aliphatic carbocycles. The summed E-state index contributed by atoms with van der Waals surface area (Å²) in [5, 5.41) is 0. The van der Waals surface area contributed by atoms with Crippen molar-refractivity contribution in [3.63, 3.8) is 0 Å². The van der Waals surface area contributed by atoms with E-state index in [0.29, 0.717) is 0 Å². The van der Waals surface area contributed by atoms with Crippen molar-refractivity contribution in [3.8, 4) is 0 Å². The Morgan fingerprint density at radius 1 is 0.852 bits per heavy atom. The van der Waals surface area contributed by atoms with Crippen LogP contribution in [0.4, 0.5) is 0 Å². The van der Waals surface area contributed by atoms with Gasteiger partial charge in [0.25, 0.3) is 0 Å². The van der Waals surface area contributed by atoms with Crippen molar-refractivity contribution in [2.75, 3.05) is 6.61 Å². The maximum absolute atomic E-state index is 11.3. The van der Waals surface area contributed by atoms with Gasteiger partial charge in [-0.2, -0.15) is 4.31 Å². The lowest BCUT2D eigenvalue weighted by molar-refractivity contribution is 0.191. The van der Waals surface area contributed by atoms with Crippen LogP contribution in [0.25, 0.3) is 0 Å². The van der Waals surface area contributed by atoms with Gasteiger partial charge in [0.2, 0.25) is 0 Å². The third-order valence-corrected chi connectivity index (χ3v) is 6.02. The van der Waals surface area contributed by atoms with Crippen molar-refractivity contribution in [2.24, 2.45) is 0 Å². The van der Waals surface area contributed by atoms with E-state index in [4.69, 9.17) is 14.7 Å². The molecule has 0 heterocycles. The van der Waals surface area contributed by atoms with Gasteiger partial charge in [-0.15, -0.1) is 0 Å². The van der Waals surface area contributed by atoms with E-state index < -0.39 is 15.6 Å². The van der Waals surface area contributed by atoms with E-state index in [9.17, 15) is 9.13 Å². The minimum atomic E-state index is -5.07. The van der Waals surface area contributed by atoms with E-state index in [1.54, 1.807) is 6.08 Å². The number of rotatable bonds is 14. The van der Waals surface area contributed by atoms with Gasteiger partial charge < -0.3 is 14.7 Å². The Bertz CT molecular complexity index is 617. The molecular formula is C18H34O7P2. The molecule has 1 atom stereocenters. The van der Waals surface area contributed by atoms with Crippen LogP contribution in [0.5, 0.6) is 0 Å². The van der Waals surface area contributed by atoms with Crippen LogP contribution < -0.4 is 0 Å². The van der Waals surface area contributed by atoms with Crippen molar-refractivity contribution in [1.29, 1.82) is 0 Å². The van der Waals surface area contributed by atoms with E-state index >= 15 is 0 Å². The summed E-state index contributed by atoms with van der Waals surface area (Å²) < 4.78 is 30.1. The number of hydrogen-bond donors (Lipinski definition) is 3. The molecule has 7 nitrogen and oxygen atoms in total. The van der Waals surface area contributed by atoms with Crippen LogP contribution in [-0.4, -0.2) is 21.3 Å². The second kappa shape index (κ2) is 13.6. The van der Waals surface area contributed by atoms with Gasteiger partial charge in [0, 0.05) is 0 Å². The predicted molar refractivity (Wildman–Crippen MR) is 108 cm³/mol. The molecular weight excluding hydrogens is 390 g/mol. The van der Waals surface area contributed by atoms with E-state index in [0.717, 1.165) is 31.3 Å². The normalized spacial score (nSPS) is 16.5. The minimum Gasteiger partial charge on any atom is -0.302 e. The Morgan fingerprint density at radius 2 is 1.33 bits per heavy atom. The molecule has 0 spiro atoms. The molecule has 3 N–H and O–H groups in total. The number of hydrogen-bond acceptors (Lipinski definition) is 4. The van der Waals surface area contributed by atoms with Gasteiger partial charge in [-0.1, -0.05) is 48.3 Å². The first-order chi connectivity index (χ1) is 12.4. The van der Waals surface area contributed by atoms with Gasteiger partial charge >= 0.3 is 15.6 Å². The summed E-state index contributed by atoms with van der Waals surface area (Å²) in [6.45, 7) is 8.09. The summed E-state index contributed by atoms with van der Waals surface area (Å²) >= 11 is 0. The Balaban J connectivity index is 4.17. The molecule has 0 aliphatic rings. The maximum Gasteiger partial charge on any atom is 0.481 e. The third-order valence-electron chi connectivity index (χ3n) is 3.87. The van der Waals surface area contributed by atoms with Gasteiger partial charge in [0.1, 0.15) is 0 Å². The molecule has 0 aromatic heterocycles. The van der Waals surface area contributed by atoms with Crippen molar-refractivity contribution >= 4 is 15.6 Å². The fourth-order valence-corrected chi connectivity index (χ4v) is 3.81. The monoisotopic (exact) mass is 424 g/mol. The minimum absolute atomic E-state index is 0.260. The van der Waals surface area contributed by atoms with Crippen molar-refractivity contribution in [1.82, 2.24) is 0 Å². The fourth-order valence-electron chi connectivity index (χ4n) is 2.29. The topological polar surface area (TPSA) is 113 Å². The average Bonchev–Trinajstić information content (AvgIpc) is 2.50. The summed E-state index contributed by atoms with van der Waals surface area (Å²) in [7, 11) is -9.84. The number of phosphoric acid groups is 2. The number of allylic oxidation sites excluding steroid dienone is 5. The average molecular weight is 424 g/mol. The number of unbranched alkanes of at least 4 members (excludes halogenated alkanes) is 1. The zero-order valence-electron chi connectivity index (χ0n) is 16.8. The molecule has 0 aromatic carbocycles. The standard InChI is InChI=1S/C18H34O7P2/c1-5-6-9-16(2)10-7-11-17(3)12-8-13-18(4)14-15-24-27(22,23)25-26(19,20)21/h10,12,14H,5-9,11,13,15H2,1-4H3,(H,22,23)(H2,19,20,21). The van der Waals surface area contributed by atoms with Crippen LogP contribution in [-0.2, 0) is 18.0 Å². The summed E-state index contributed by atoms with van der Waals surface area (Å²) in [5.74, 6) is 0. The van der Waals surface area contributed by atoms with Crippen LogP contribution in [0, 0.1) is 0 Å². The second-order valence-corrected chi connectivity index (χ2v) is 9.50.